The van der Waals surface area contributed by atoms with Crippen LogP contribution in [0.15, 0.2) is 58.8 Å². The van der Waals surface area contributed by atoms with Crippen molar-refractivity contribution >= 4 is 33.8 Å². The smallest absolute Gasteiger partial charge is 0.266 e. The van der Waals surface area contributed by atoms with Crippen LogP contribution in [0, 0.1) is 0 Å². The number of hydrogen-bond donors (Lipinski definition) is 2. The average molecular weight is 379 g/mol. The number of thiophene rings is 1. The lowest BCUT2D eigenvalue weighted by Gasteiger charge is -2.07. The van der Waals surface area contributed by atoms with Crippen molar-refractivity contribution in [2.75, 3.05) is 5.32 Å². The molecule has 0 spiro atoms. The van der Waals surface area contributed by atoms with E-state index in [9.17, 15) is 9.59 Å². The van der Waals surface area contributed by atoms with E-state index in [2.05, 4.69) is 20.6 Å². The van der Waals surface area contributed by atoms with Crippen LogP contribution in [0.1, 0.15) is 12.8 Å². The van der Waals surface area contributed by atoms with Gasteiger partial charge in [0, 0.05) is 30.1 Å². The molecular formula is C19H17N5O2S. The number of benzene rings is 1. The van der Waals surface area contributed by atoms with E-state index in [1.807, 2.05) is 35.7 Å². The van der Waals surface area contributed by atoms with E-state index in [1.54, 1.807) is 23.6 Å². The molecule has 0 fully saturated rings. The summed E-state index contributed by atoms with van der Waals surface area (Å²) in [6.45, 7) is 0.394. The number of hydrogen-bond acceptors (Lipinski definition) is 5. The maximum Gasteiger partial charge on any atom is 0.266 e. The van der Waals surface area contributed by atoms with Crippen LogP contribution in [0.5, 0.6) is 0 Å². The molecule has 0 aliphatic rings. The summed E-state index contributed by atoms with van der Waals surface area (Å²) in [7, 11) is 0. The van der Waals surface area contributed by atoms with E-state index < -0.39 is 0 Å². The number of anilines is 1. The fourth-order valence-electron chi connectivity index (χ4n) is 2.79. The van der Waals surface area contributed by atoms with Gasteiger partial charge in [-0.25, -0.2) is 4.68 Å². The Morgan fingerprint density at radius 3 is 3.00 bits per heavy atom. The van der Waals surface area contributed by atoms with Crippen LogP contribution in [0.3, 0.4) is 0 Å². The summed E-state index contributed by atoms with van der Waals surface area (Å²) in [5.41, 5.74) is 2.18. The Morgan fingerprint density at radius 1 is 1.22 bits per heavy atom. The van der Waals surface area contributed by atoms with E-state index in [0.717, 1.165) is 21.5 Å². The lowest BCUT2D eigenvalue weighted by Crippen LogP contribution is -2.23. The normalized spacial score (nSPS) is 11.0. The summed E-state index contributed by atoms with van der Waals surface area (Å²) in [4.78, 5) is 25.2. The Morgan fingerprint density at radius 2 is 2.15 bits per heavy atom. The van der Waals surface area contributed by atoms with Crippen molar-refractivity contribution in [2.45, 2.75) is 19.4 Å². The number of nitrogens with zero attached hydrogens (tertiary/aromatic N) is 3. The second kappa shape index (κ2) is 7.55. The minimum Gasteiger partial charge on any atom is -0.326 e. The number of rotatable bonds is 6. The first-order valence-corrected chi connectivity index (χ1v) is 9.42. The monoisotopic (exact) mass is 379 g/mol. The van der Waals surface area contributed by atoms with Gasteiger partial charge in [0.1, 0.15) is 5.69 Å². The highest BCUT2D eigenvalue weighted by atomic mass is 32.1. The molecular weight excluding hydrogens is 362 g/mol. The Hall–Kier alpha value is -3.26. The third-order valence-corrected chi connectivity index (χ3v) is 5.03. The van der Waals surface area contributed by atoms with Gasteiger partial charge in [-0.05, 0) is 42.1 Å². The van der Waals surface area contributed by atoms with E-state index >= 15 is 0 Å². The number of carbonyl (C=O) groups is 1. The maximum atomic E-state index is 12.2. The fraction of sp³-hybridized carbons (Fsp3) is 0.158. The molecule has 7 nitrogen and oxygen atoms in total. The Kier molecular flexibility index (Phi) is 4.80. The Labute approximate surface area is 158 Å². The van der Waals surface area contributed by atoms with E-state index in [4.69, 9.17) is 0 Å². The highest BCUT2D eigenvalue weighted by Gasteiger charge is 2.07. The SMILES string of the molecule is O=C(CCCn1nc(-c2cccs2)ccc1=O)Nc1ccc2cn[nH]c2c1. The van der Waals surface area contributed by atoms with Crippen LogP contribution in [-0.2, 0) is 11.3 Å². The largest absolute Gasteiger partial charge is 0.326 e. The van der Waals surface area contributed by atoms with Gasteiger partial charge in [0.15, 0.2) is 0 Å². The average Bonchev–Trinajstić information content (AvgIpc) is 3.34. The van der Waals surface area contributed by atoms with Gasteiger partial charge in [0.25, 0.3) is 5.56 Å². The molecule has 8 heteroatoms. The van der Waals surface area contributed by atoms with Crippen molar-refractivity contribution in [3.8, 4) is 10.6 Å². The number of nitrogens with one attached hydrogen (secondary N) is 2. The van der Waals surface area contributed by atoms with Crippen molar-refractivity contribution in [1.82, 2.24) is 20.0 Å². The predicted octanol–water partition coefficient (Wildman–Crippen LogP) is 3.27. The van der Waals surface area contributed by atoms with Gasteiger partial charge >= 0.3 is 0 Å². The highest BCUT2D eigenvalue weighted by Crippen LogP contribution is 2.21. The van der Waals surface area contributed by atoms with Gasteiger partial charge in [0.05, 0.1) is 16.6 Å². The molecule has 1 aromatic carbocycles. The molecule has 4 aromatic rings. The predicted molar refractivity (Wildman–Crippen MR) is 106 cm³/mol. The third kappa shape index (κ3) is 3.95. The van der Waals surface area contributed by atoms with E-state index in [0.29, 0.717) is 25.1 Å². The van der Waals surface area contributed by atoms with Crippen molar-refractivity contribution in [3.05, 3.63) is 64.4 Å². The Bertz CT molecular complexity index is 1130. The molecule has 1 amide bonds. The molecule has 0 aliphatic heterocycles. The lowest BCUT2D eigenvalue weighted by molar-refractivity contribution is -0.116. The number of aromatic amines is 1. The topological polar surface area (TPSA) is 92.7 Å². The summed E-state index contributed by atoms with van der Waals surface area (Å²) in [6, 6.07) is 12.7. The van der Waals surface area contributed by atoms with Gasteiger partial charge < -0.3 is 5.32 Å². The fourth-order valence-corrected chi connectivity index (χ4v) is 3.48. The Balaban J connectivity index is 1.35. The van der Waals surface area contributed by atoms with Crippen LogP contribution in [0.4, 0.5) is 5.69 Å². The molecule has 3 heterocycles. The van der Waals surface area contributed by atoms with Crippen molar-refractivity contribution in [1.29, 1.82) is 0 Å². The summed E-state index contributed by atoms with van der Waals surface area (Å²) in [5, 5.41) is 17.1. The molecule has 2 N–H and O–H groups in total. The standard InChI is InChI=1S/C19H17N5O2S/c25-18(21-14-6-5-13-12-20-22-16(13)11-14)4-1-9-24-19(26)8-7-15(23-24)17-3-2-10-27-17/h2-3,5-8,10-12H,1,4,9H2,(H,20,22)(H,21,25). The minimum atomic E-state index is -0.166. The van der Waals surface area contributed by atoms with Gasteiger partial charge in [-0.2, -0.15) is 10.2 Å². The summed E-state index contributed by atoms with van der Waals surface area (Å²) < 4.78 is 1.42. The molecule has 27 heavy (non-hydrogen) atoms. The molecule has 0 bridgehead atoms. The number of aromatic nitrogens is 4. The number of amides is 1. The van der Waals surface area contributed by atoms with Gasteiger partial charge in [-0.3, -0.25) is 14.7 Å². The summed E-state index contributed by atoms with van der Waals surface area (Å²) >= 11 is 1.57. The molecule has 0 unspecified atom stereocenters. The third-order valence-electron chi connectivity index (χ3n) is 4.14. The van der Waals surface area contributed by atoms with Crippen LogP contribution in [0.2, 0.25) is 0 Å². The minimum absolute atomic E-state index is 0.101. The van der Waals surface area contributed by atoms with Crippen molar-refractivity contribution < 1.29 is 4.79 Å². The number of carbonyl (C=O) groups excluding carboxylic acids is 1. The molecule has 0 saturated heterocycles. The quantitative estimate of drug-likeness (QED) is 0.538. The van der Waals surface area contributed by atoms with Crippen LogP contribution < -0.4 is 10.9 Å². The lowest BCUT2D eigenvalue weighted by atomic mass is 10.2. The molecule has 3 aromatic heterocycles. The number of fused-ring (bicyclic) bond motifs is 1. The van der Waals surface area contributed by atoms with Crippen molar-refractivity contribution in [3.63, 3.8) is 0 Å². The molecule has 0 aliphatic carbocycles. The molecule has 136 valence electrons. The van der Waals surface area contributed by atoms with Crippen molar-refractivity contribution in [2.24, 2.45) is 0 Å². The summed E-state index contributed by atoms with van der Waals surface area (Å²) in [5.74, 6) is -0.101. The van der Waals surface area contributed by atoms with Crippen LogP contribution >= 0.6 is 11.3 Å². The highest BCUT2D eigenvalue weighted by molar-refractivity contribution is 7.13. The maximum absolute atomic E-state index is 12.2. The molecule has 0 radical (unpaired) electrons. The molecule has 0 atom stereocenters. The van der Waals surface area contributed by atoms with Gasteiger partial charge in [-0.1, -0.05) is 6.07 Å². The number of H-pyrrole nitrogens is 1. The zero-order valence-corrected chi connectivity index (χ0v) is 15.2. The second-order valence-electron chi connectivity index (χ2n) is 6.08. The van der Waals surface area contributed by atoms with Gasteiger partial charge in [0.2, 0.25) is 5.91 Å². The zero-order valence-electron chi connectivity index (χ0n) is 14.4. The second-order valence-corrected chi connectivity index (χ2v) is 7.03. The first-order valence-electron chi connectivity index (χ1n) is 8.54. The zero-order chi connectivity index (χ0) is 18.6. The molecule has 4 rings (SSSR count). The first-order chi connectivity index (χ1) is 13.2. The van der Waals surface area contributed by atoms with Crippen LogP contribution in [-0.4, -0.2) is 25.9 Å². The van der Waals surface area contributed by atoms with E-state index in [-0.39, 0.29) is 11.5 Å². The van der Waals surface area contributed by atoms with Crippen LogP contribution in [0.25, 0.3) is 21.5 Å². The van der Waals surface area contributed by atoms with E-state index in [1.165, 1.54) is 10.7 Å². The van der Waals surface area contributed by atoms with Gasteiger partial charge in [-0.15, -0.1) is 11.3 Å². The summed E-state index contributed by atoms with van der Waals surface area (Å²) in [6.07, 6.45) is 2.56. The molecule has 0 saturated carbocycles. The first kappa shape index (κ1) is 17.2. The number of aryl methyl sites for hydroxylation is 1.